The molecule has 8 heteroatoms. The molecule has 1 fully saturated rings. The number of amides is 2. The normalized spacial score (nSPS) is 19.9. The summed E-state index contributed by atoms with van der Waals surface area (Å²) >= 11 is 0. The van der Waals surface area contributed by atoms with Crippen LogP contribution in [0.15, 0.2) is 0 Å². The molecule has 0 radical (unpaired) electrons. The quantitative estimate of drug-likeness (QED) is 0.492. The first-order valence-electron chi connectivity index (χ1n) is 5.70. The number of nitrogens with one attached hydrogen (secondary N) is 2. The molecular formula is C10H19N3O5. The van der Waals surface area contributed by atoms with Crippen molar-refractivity contribution < 1.29 is 24.5 Å². The fraction of sp³-hybridized carbons (Fsp3) is 0.800. The molecule has 2 amide bonds. The Morgan fingerprint density at radius 1 is 1.39 bits per heavy atom. The lowest BCUT2D eigenvalue weighted by atomic mass is 10.0. The molecule has 0 aromatic rings. The second kappa shape index (κ2) is 6.53. The lowest BCUT2D eigenvalue weighted by Crippen LogP contribution is -2.54. The van der Waals surface area contributed by atoms with Crippen molar-refractivity contribution in [2.75, 3.05) is 32.8 Å². The van der Waals surface area contributed by atoms with E-state index in [9.17, 15) is 14.7 Å². The zero-order valence-corrected chi connectivity index (χ0v) is 10.3. The van der Waals surface area contributed by atoms with E-state index >= 15 is 0 Å². The number of carbonyl (C=O) groups excluding carboxylic acids is 1. The van der Waals surface area contributed by atoms with E-state index in [1.165, 1.54) is 6.92 Å². The molecule has 104 valence electrons. The maximum Gasteiger partial charge on any atom is 0.329 e. The van der Waals surface area contributed by atoms with E-state index in [0.29, 0.717) is 26.3 Å². The molecule has 0 aromatic heterocycles. The Morgan fingerprint density at radius 2 is 2.00 bits per heavy atom. The number of rotatable bonds is 5. The lowest BCUT2D eigenvalue weighted by Gasteiger charge is -2.28. The molecule has 18 heavy (non-hydrogen) atoms. The van der Waals surface area contributed by atoms with E-state index in [0.717, 1.165) is 0 Å². The van der Waals surface area contributed by atoms with Gasteiger partial charge in [0.15, 0.2) is 0 Å². The van der Waals surface area contributed by atoms with E-state index in [4.69, 9.17) is 9.84 Å². The first-order chi connectivity index (χ1) is 8.39. The van der Waals surface area contributed by atoms with Crippen molar-refractivity contribution in [3.8, 4) is 0 Å². The summed E-state index contributed by atoms with van der Waals surface area (Å²) in [6.45, 7) is 3.53. The maximum atomic E-state index is 11.5. The summed E-state index contributed by atoms with van der Waals surface area (Å²) in [6.07, 6.45) is -0.426. The minimum absolute atomic E-state index is 0.129. The monoisotopic (exact) mass is 261 g/mol. The zero-order chi connectivity index (χ0) is 13.6. The molecule has 8 nitrogen and oxygen atoms in total. The van der Waals surface area contributed by atoms with E-state index in [1.54, 1.807) is 5.01 Å². The number of hydrogen-bond donors (Lipinski definition) is 4. The summed E-state index contributed by atoms with van der Waals surface area (Å²) in [5.74, 6) is -1.12. The standard InChI is InChI=1S/C10H19N3O5/c1-10(17,6-8(14)15)7-11-9(16)12-13-2-4-18-5-3-13/h17H,2-7H2,1H3,(H,14,15)(H2,11,12,16). The van der Waals surface area contributed by atoms with Gasteiger partial charge >= 0.3 is 12.0 Å². The minimum atomic E-state index is -1.46. The van der Waals surface area contributed by atoms with Crippen LogP contribution in [-0.2, 0) is 9.53 Å². The van der Waals surface area contributed by atoms with Gasteiger partial charge in [-0.05, 0) is 6.92 Å². The van der Waals surface area contributed by atoms with Crippen molar-refractivity contribution in [3.63, 3.8) is 0 Å². The molecule has 1 heterocycles. The molecule has 0 aliphatic carbocycles. The fourth-order valence-electron chi connectivity index (χ4n) is 1.52. The molecule has 0 aromatic carbocycles. The minimum Gasteiger partial charge on any atom is -0.481 e. The maximum absolute atomic E-state index is 11.5. The van der Waals surface area contributed by atoms with Crippen molar-refractivity contribution in [2.45, 2.75) is 18.9 Å². The van der Waals surface area contributed by atoms with Gasteiger partial charge in [0.1, 0.15) is 0 Å². The van der Waals surface area contributed by atoms with Gasteiger partial charge in [0.05, 0.1) is 25.2 Å². The Morgan fingerprint density at radius 3 is 2.56 bits per heavy atom. The number of aliphatic hydroxyl groups is 1. The van der Waals surface area contributed by atoms with Crippen molar-refractivity contribution in [3.05, 3.63) is 0 Å². The lowest BCUT2D eigenvalue weighted by molar-refractivity contribution is -0.141. The Kier molecular flexibility index (Phi) is 5.32. The Bertz CT molecular complexity index is 302. The van der Waals surface area contributed by atoms with Gasteiger partial charge in [-0.25, -0.2) is 9.80 Å². The number of carboxylic acids is 1. The number of urea groups is 1. The Balaban J connectivity index is 2.25. The molecule has 1 saturated heterocycles. The van der Waals surface area contributed by atoms with Crippen LogP contribution in [0.1, 0.15) is 13.3 Å². The van der Waals surface area contributed by atoms with Gasteiger partial charge in [-0.15, -0.1) is 0 Å². The number of carboxylic acid groups (broad SMARTS) is 1. The molecule has 1 atom stereocenters. The Hall–Kier alpha value is -1.38. The molecular weight excluding hydrogens is 242 g/mol. The SMILES string of the molecule is CC(O)(CNC(=O)NN1CCOCC1)CC(=O)O. The van der Waals surface area contributed by atoms with Crippen molar-refractivity contribution in [2.24, 2.45) is 0 Å². The highest BCUT2D eigenvalue weighted by atomic mass is 16.5. The summed E-state index contributed by atoms with van der Waals surface area (Å²) < 4.78 is 5.12. The first kappa shape index (κ1) is 14.7. The fourth-order valence-corrected chi connectivity index (χ4v) is 1.52. The molecule has 0 saturated carbocycles. The number of nitrogens with zero attached hydrogens (tertiary/aromatic N) is 1. The third kappa shape index (κ3) is 5.80. The zero-order valence-electron chi connectivity index (χ0n) is 10.3. The highest BCUT2D eigenvalue weighted by molar-refractivity contribution is 5.73. The smallest absolute Gasteiger partial charge is 0.329 e. The van der Waals surface area contributed by atoms with Crippen LogP contribution < -0.4 is 10.7 Å². The average molecular weight is 261 g/mol. The number of carbonyl (C=O) groups is 2. The first-order valence-corrected chi connectivity index (χ1v) is 5.70. The van der Waals surface area contributed by atoms with Crippen LogP contribution in [0.3, 0.4) is 0 Å². The molecule has 0 bridgehead atoms. The van der Waals surface area contributed by atoms with E-state index in [-0.39, 0.29) is 6.54 Å². The van der Waals surface area contributed by atoms with Crippen LogP contribution >= 0.6 is 0 Å². The van der Waals surface area contributed by atoms with Crippen LogP contribution in [0.5, 0.6) is 0 Å². The van der Waals surface area contributed by atoms with Gasteiger partial charge in [-0.1, -0.05) is 0 Å². The Labute approximate surface area is 105 Å². The van der Waals surface area contributed by atoms with Gasteiger partial charge < -0.3 is 20.3 Å². The van der Waals surface area contributed by atoms with Gasteiger partial charge in [0.2, 0.25) is 0 Å². The summed E-state index contributed by atoms with van der Waals surface area (Å²) in [5, 5.41) is 22.4. The largest absolute Gasteiger partial charge is 0.481 e. The van der Waals surface area contributed by atoms with Gasteiger partial charge in [-0.2, -0.15) is 0 Å². The second-order valence-electron chi connectivity index (χ2n) is 4.46. The van der Waals surface area contributed by atoms with E-state index in [1.807, 2.05) is 0 Å². The third-order valence-electron chi connectivity index (χ3n) is 2.43. The third-order valence-corrected chi connectivity index (χ3v) is 2.43. The summed E-state index contributed by atoms with van der Waals surface area (Å²) in [4.78, 5) is 21.9. The molecule has 0 spiro atoms. The topological polar surface area (TPSA) is 111 Å². The average Bonchev–Trinajstić information content (AvgIpc) is 2.26. The summed E-state index contributed by atoms with van der Waals surface area (Å²) in [7, 11) is 0. The summed E-state index contributed by atoms with van der Waals surface area (Å²) in [6, 6.07) is -0.470. The summed E-state index contributed by atoms with van der Waals surface area (Å²) in [5.41, 5.74) is 1.13. The van der Waals surface area contributed by atoms with E-state index in [2.05, 4.69) is 10.7 Å². The van der Waals surface area contributed by atoms with Gasteiger partial charge in [-0.3, -0.25) is 10.2 Å². The predicted molar refractivity (Wildman–Crippen MR) is 61.8 cm³/mol. The molecule has 4 N–H and O–H groups in total. The molecule has 1 rings (SSSR count). The predicted octanol–water partition coefficient (Wildman–Crippen LogP) is -1.24. The van der Waals surface area contributed by atoms with Gasteiger partial charge in [0.25, 0.3) is 0 Å². The molecule has 1 aliphatic rings. The molecule has 1 unspecified atom stereocenters. The number of hydrogen-bond acceptors (Lipinski definition) is 5. The highest BCUT2D eigenvalue weighted by Crippen LogP contribution is 2.07. The van der Waals surface area contributed by atoms with Crippen molar-refractivity contribution in [1.82, 2.24) is 15.8 Å². The van der Waals surface area contributed by atoms with Crippen LogP contribution in [0.2, 0.25) is 0 Å². The number of hydrazine groups is 1. The van der Waals surface area contributed by atoms with Gasteiger partial charge in [0, 0.05) is 19.6 Å². The van der Waals surface area contributed by atoms with E-state index < -0.39 is 24.0 Å². The van der Waals surface area contributed by atoms with Crippen LogP contribution in [0.4, 0.5) is 4.79 Å². The molecule has 1 aliphatic heterocycles. The van der Waals surface area contributed by atoms with Crippen LogP contribution in [0, 0.1) is 0 Å². The highest BCUT2D eigenvalue weighted by Gasteiger charge is 2.25. The second-order valence-corrected chi connectivity index (χ2v) is 4.46. The number of ether oxygens (including phenoxy) is 1. The number of morpholine rings is 1. The number of aliphatic carboxylic acids is 1. The van der Waals surface area contributed by atoms with Crippen molar-refractivity contribution >= 4 is 12.0 Å². The van der Waals surface area contributed by atoms with Crippen molar-refractivity contribution in [1.29, 1.82) is 0 Å². The van der Waals surface area contributed by atoms with Crippen LogP contribution in [-0.4, -0.2) is 65.7 Å². The van der Waals surface area contributed by atoms with Crippen LogP contribution in [0.25, 0.3) is 0 Å².